The van der Waals surface area contributed by atoms with Crippen molar-refractivity contribution in [3.8, 4) is 0 Å². The summed E-state index contributed by atoms with van der Waals surface area (Å²) in [5.41, 5.74) is 2.62. The molecule has 0 bridgehead atoms. The topological polar surface area (TPSA) is 40.6 Å². The normalized spacial score (nSPS) is 11.2. The Balaban J connectivity index is 2.47. The molecule has 0 atom stereocenters. The first-order valence-corrected chi connectivity index (χ1v) is 8.95. The SMILES string of the molecule is CCN(C(=O)c1ccc(C)cc1)N(C(=O)c1ccccc1C)C(C)(C)C. The van der Waals surface area contributed by atoms with E-state index in [1.807, 2.05) is 71.9 Å². The molecule has 26 heavy (non-hydrogen) atoms. The van der Waals surface area contributed by atoms with E-state index < -0.39 is 5.54 Å². The van der Waals surface area contributed by atoms with Crippen LogP contribution >= 0.6 is 0 Å². The number of hydrazine groups is 1. The summed E-state index contributed by atoms with van der Waals surface area (Å²) in [7, 11) is 0. The third kappa shape index (κ3) is 4.13. The largest absolute Gasteiger partial charge is 0.273 e. The summed E-state index contributed by atoms with van der Waals surface area (Å²) in [4.78, 5) is 26.5. The van der Waals surface area contributed by atoms with E-state index in [0.29, 0.717) is 17.7 Å². The first kappa shape index (κ1) is 19.7. The molecule has 0 unspecified atom stereocenters. The molecule has 2 aromatic carbocycles. The van der Waals surface area contributed by atoms with Crippen molar-refractivity contribution in [3.63, 3.8) is 0 Å². The number of aryl methyl sites for hydroxylation is 2. The van der Waals surface area contributed by atoms with Gasteiger partial charge in [0.25, 0.3) is 11.8 Å². The number of nitrogens with zero attached hydrogens (tertiary/aromatic N) is 2. The molecule has 0 radical (unpaired) electrons. The Morgan fingerprint density at radius 1 is 0.885 bits per heavy atom. The predicted molar refractivity (Wildman–Crippen MR) is 105 cm³/mol. The van der Waals surface area contributed by atoms with Crippen molar-refractivity contribution in [2.75, 3.05) is 6.54 Å². The maximum absolute atomic E-state index is 13.3. The summed E-state index contributed by atoms with van der Waals surface area (Å²) >= 11 is 0. The maximum Gasteiger partial charge on any atom is 0.273 e. The highest BCUT2D eigenvalue weighted by Gasteiger charge is 2.35. The smallest absolute Gasteiger partial charge is 0.267 e. The summed E-state index contributed by atoms with van der Waals surface area (Å²) in [5.74, 6) is -0.345. The van der Waals surface area contributed by atoms with E-state index in [2.05, 4.69) is 0 Å². The van der Waals surface area contributed by atoms with Gasteiger partial charge in [0.2, 0.25) is 0 Å². The Morgan fingerprint density at radius 2 is 1.46 bits per heavy atom. The molecule has 2 amide bonds. The van der Waals surface area contributed by atoms with Crippen LogP contribution in [0.4, 0.5) is 0 Å². The molecule has 0 aliphatic carbocycles. The first-order valence-electron chi connectivity index (χ1n) is 8.95. The van der Waals surface area contributed by atoms with Crippen LogP contribution in [0.2, 0.25) is 0 Å². The van der Waals surface area contributed by atoms with Crippen LogP contribution < -0.4 is 0 Å². The van der Waals surface area contributed by atoms with Crippen LogP contribution in [0.5, 0.6) is 0 Å². The van der Waals surface area contributed by atoms with Crippen LogP contribution in [-0.2, 0) is 0 Å². The summed E-state index contributed by atoms with van der Waals surface area (Å²) in [6.07, 6.45) is 0. The van der Waals surface area contributed by atoms with E-state index in [1.54, 1.807) is 28.2 Å². The minimum atomic E-state index is -0.546. The molecule has 0 N–H and O–H groups in total. The van der Waals surface area contributed by atoms with E-state index in [9.17, 15) is 9.59 Å². The molecular formula is C22H28N2O2. The second-order valence-electron chi connectivity index (χ2n) is 7.49. The van der Waals surface area contributed by atoms with Gasteiger partial charge in [-0.15, -0.1) is 0 Å². The highest BCUT2D eigenvalue weighted by atomic mass is 16.2. The Kier molecular flexibility index (Phi) is 5.86. The number of rotatable bonds is 3. The Morgan fingerprint density at radius 3 is 1.96 bits per heavy atom. The number of carbonyl (C=O) groups is 2. The summed E-state index contributed by atoms with van der Waals surface area (Å²) in [5, 5.41) is 3.12. The van der Waals surface area contributed by atoms with Gasteiger partial charge in [0.15, 0.2) is 0 Å². The lowest BCUT2D eigenvalue weighted by atomic mass is 10.0. The van der Waals surface area contributed by atoms with Gasteiger partial charge in [-0.2, -0.15) is 0 Å². The fraction of sp³-hybridized carbons (Fsp3) is 0.364. The van der Waals surface area contributed by atoms with Crippen LogP contribution in [0.25, 0.3) is 0 Å². The lowest BCUT2D eigenvalue weighted by molar-refractivity contribution is -0.0411. The molecule has 0 saturated heterocycles. The van der Waals surface area contributed by atoms with Crippen LogP contribution in [0.1, 0.15) is 59.5 Å². The number of hydrogen-bond acceptors (Lipinski definition) is 2. The standard InChI is InChI=1S/C22H28N2O2/c1-7-23(20(25)18-14-12-16(2)13-15-18)24(22(4,5)6)21(26)19-11-9-8-10-17(19)3/h8-15H,7H2,1-6H3. The lowest BCUT2D eigenvalue weighted by Crippen LogP contribution is -2.58. The van der Waals surface area contributed by atoms with E-state index in [4.69, 9.17) is 0 Å². The van der Waals surface area contributed by atoms with E-state index in [-0.39, 0.29) is 11.8 Å². The van der Waals surface area contributed by atoms with Crippen molar-refractivity contribution >= 4 is 11.8 Å². The molecular weight excluding hydrogens is 324 g/mol. The Labute approximate surface area is 156 Å². The van der Waals surface area contributed by atoms with Crippen LogP contribution in [0.3, 0.4) is 0 Å². The van der Waals surface area contributed by atoms with E-state index in [0.717, 1.165) is 11.1 Å². The van der Waals surface area contributed by atoms with Gasteiger partial charge >= 0.3 is 0 Å². The van der Waals surface area contributed by atoms with Crippen molar-refractivity contribution in [1.29, 1.82) is 0 Å². The highest BCUT2D eigenvalue weighted by molar-refractivity contribution is 6.00. The molecule has 138 valence electrons. The zero-order valence-electron chi connectivity index (χ0n) is 16.5. The molecule has 0 fully saturated rings. The van der Waals surface area contributed by atoms with Gasteiger partial charge in [0.1, 0.15) is 0 Å². The minimum Gasteiger partial charge on any atom is -0.267 e. The molecule has 0 heterocycles. The van der Waals surface area contributed by atoms with Crippen LogP contribution in [-0.4, -0.2) is 33.9 Å². The molecule has 0 aliphatic heterocycles. The van der Waals surface area contributed by atoms with E-state index >= 15 is 0 Å². The molecule has 0 aliphatic rings. The summed E-state index contributed by atoms with van der Waals surface area (Å²) < 4.78 is 0. The van der Waals surface area contributed by atoms with Gasteiger partial charge in [-0.1, -0.05) is 35.9 Å². The van der Waals surface area contributed by atoms with Crippen molar-refractivity contribution in [2.24, 2.45) is 0 Å². The molecule has 4 nitrogen and oxygen atoms in total. The second kappa shape index (κ2) is 7.73. The number of carbonyl (C=O) groups excluding carboxylic acids is 2. The monoisotopic (exact) mass is 352 g/mol. The third-order valence-electron chi connectivity index (χ3n) is 4.28. The van der Waals surface area contributed by atoms with Crippen molar-refractivity contribution < 1.29 is 9.59 Å². The molecule has 0 saturated carbocycles. The summed E-state index contributed by atoms with van der Waals surface area (Å²) in [6.45, 7) is 12.0. The number of hydrogen-bond donors (Lipinski definition) is 0. The van der Waals surface area contributed by atoms with Crippen molar-refractivity contribution in [2.45, 2.75) is 47.1 Å². The minimum absolute atomic E-state index is 0.169. The van der Waals surface area contributed by atoms with Gasteiger partial charge in [0, 0.05) is 17.7 Å². The maximum atomic E-state index is 13.3. The van der Waals surface area contributed by atoms with Crippen LogP contribution in [0, 0.1) is 13.8 Å². The Hall–Kier alpha value is -2.62. The molecule has 2 aromatic rings. The number of amides is 2. The van der Waals surface area contributed by atoms with Gasteiger partial charge in [0.05, 0.1) is 5.54 Å². The molecule has 0 spiro atoms. The predicted octanol–water partition coefficient (Wildman–Crippen LogP) is 4.62. The fourth-order valence-electron chi connectivity index (χ4n) is 2.92. The zero-order valence-corrected chi connectivity index (χ0v) is 16.5. The van der Waals surface area contributed by atoms with Crippen molar-refractivity contribution in [3.05, 3.63) is 70.8 Å². The number of benzene rings is 2. The van der Waals surface area contributed by atoms with Gasteiger partial charge < -0.3 is 0 Å². The van der Waals surface area contributed by atoms with Gasteiger partial charge in [-0.05, 0) is 65.3 Å². The zero-order chi connectivity index (χ0) is 19.5. The second-order valence-corrected chi connectivity index (χ2v) is 7.49. The van der Waals surface area contributed by atoms with Gasteiger partial charge in [-0.3, -0.25) is 9.59 Å². The highest BCUT2D eigenvalue weighted by Crippen LogP contribution is 2.23. The average molecular weight is 352 g/mol. The van der Waals surface area contributed by atoms with Gasteiger partial charge in [-0.25, -0.2) is 10.0 Å². The van der Waals surface area contributed by atoms with Crippen LogP contribution in [0.15, 0.2) is 48.5 Å². The first-order chi connectivity index (χ1) is 12.2. The lowest BCUT2D eigenvalue weighted by Gasteiger charge is -2.43. The Bertz CT molecular complexity index is 789. The van der Waals surface area contributed by atoms with Crippen molar-refractivity contribution in [1.82, 2.24) is 10.0 Å². The molecule has 2 rings (SSSR count). The third-order valence-corrected chi connectivity index (χ3v) is 4.28. The van der Waals surface area contributed by atoms with E-state index in [1.165, 1.54) is 0 Å². The average Bonchev–Trinajstić information content (AvgIpc) is 2.58. The molecule has 0 aromatic heterocycles. The molecule has 4 heteroatoms. The quantitative estimate of drug-likeness (QED) is 0.756. The fourth-order valence-corrected chi connectivity index (χ4v) is 2.92. The summed E-state index contributed by atoms with van der Waals surface area (Å²) in [6, 6.07) is 14.9.